The van der Waals surface area contributed by atoms with E-state index in [1.54, 1.807) is 17.4 Å². The number of fused-ring (bicyclic) bond motifs is 2. The number of carboxylic acids is 1. The van der Waals surface area contributed by atoms with E-state index in [0.717, 1.165) is 62.8 Å². The molecule has 0 atom stereocenters. The van der Waals surface area contributed by atoms with E-state index in [4.69, 9.17) is 6.57 Å². The normalized spacial score (nSPS) is 12.4. The Kier molecular flexibility index (Phi) is 26.0. The number of aliphatic carboxylic acids is 1. The first-order valence-corrected chi connectivity index (χ1v) is 36.8. The second kappa shape index (κ2) is 33.5. The molecule has 1 N–H and O–H groups in total. The van der Waals surface area contributed by atoms with Gasteiger partial charge in [-0.1, -0.05) is 187 Å². The van der Waals surface area contributed by atoms with Crippen LogP contribution in [0.5, 0.6) is 0 Å². The number of carboxylic acid groups (broad SMARTS) is 1. The van der Waals surface area contributed by atoms with Crippen molar-refractivity contribution in [2.45, 2.75) is 238 Å². The smallest absolute Gasteiger partial charge is 0.333 e. The first kappa shape index (κ1) is 63.8. The number of rotatable bonds is 37. The molecule has 4 nitrogen and oxygen atoms in total. The van der Waals surface area contributed by atoms with Crippen molar-refractivity contribution in [1.29, 1.82) is 0 Å². The standard InChI is InChI=1S/C72H92N2O2S6/c1-8-14-20-26-34-51-45-64(78-62(51)50-57(73-7)72(75)76)68-54(36-28-22-16-10-3)47-66(80-68)70-56(38-30-24-18-12-5)49-67(82-70)71-55(37-29-23-17-11-4)48-65(81-71)69-53(35-27-21-15-9-2)46-61(79-69)52-41-42-59-63(44-52)77-60-40-32-31-39-58(60)74(59)43-33-25-19-13-6/h31-32,39-42,44-50H,8-30,33-38,43H2,1-6H3,(H,75,76)/b57-50-. The summed E-state index contributed by atoms with van der Waals surface area (Å²) in [4.78, 5) is 34.4. The number of unbranched alkanes of at least 4 members (excludes halogenated alkanes) is 18. The van der Waals surface area contributed by atoms with Crippen molar-refractivity contribution in [3.05, 3.63) is 123 Å². The summed E-state index contributed by atoms with van der Waals surface area (Å²) in [6, 6.07) is 29.0. The zero-order valence-electron chi connectivity index (χ0n) is 50.4. The second-order valence-electron chi connectivity index (χ2n) is 22.8. The number of aryl methyl sites for hydroxylation is 5. The molecule has 6 heterocycles. The predicted molar refractivity (Wildman–Crippen MR) is 366 cm³/mol. The Labute approximate surface area is 518 Å². The summed E-state index contributed by atoms with van der Waals surface area (Å²) in [5.41, 5.74) is 10.9. The summed E-state index contributed by atoms with van der Waals surface area (Å²) in [5, 5.41) is 9.97. The first-order chi connectivity index (χ1) is 40.2. The molecule has 10 heteroatoms. The van der Waals surface area contributed by atoms with Gasteiger partial charge < -0.3 is 10.0 Å². The molecule has 2 aromatic carbocycles. The van der Waals surface area contributed by atoms with Gasteiger partial charge in [-0.25, -0.2) is 4.85 Å². The van der Waals surface area contributed by atoms with Crippen LogP contribution >= 0.6 is 68.4 Å². The average molecular weight is 1210 g/mol. The van der Waals surface area contributed by atoms with Crippen molar-refractivity contribution in [1.82, 2.24) is 0 Å². The topological polar surface area (TPSA) is 44.9 Å². The quantitative estimate of drug-likeness (QED) is 0.0239. The molecule has 7 aromatic rings. The van der Waals surface area contributed by atoms with Gasteiger partial charge in [-0.05, 0) is 165 Å². The van der Waals surface area contributed by atoms with Gasteiger partial charge in [0, 0.05) is 65.1 Å². The van der Waals surface area contributed by atoms with Gasteiger partial charge in [-0.2, -0.15) is 0 Å². The lowest BCUT2D eigenvalue weighted by Crippen LogP contribution is -2.21. The van der Waals surface area contributed by atoms with Crippen LogP contribution in [-0.4, -0.2) is 17.6 Å². The van der Waals surface area contributed by atoms with E-state index >= 15 is 0 Å². The fourth-order valence-corrected chi connectivity index (χ4v) is 19.2. The lowest BCUT2D eigenvalue weighted by molar-refractivity contribution is -0.132. The summed E-state index contributed by atoms with van der Waals surface area (Å²) in [6.07, 6.45) is 36.2. The summed E-state index contributed by atoms with van der Waals surface area (Å²) < 4.78 is 0. The molecule has 0 amide bonds. The Morgan fingerprint density at radius 1 is 0.451 bits per heavy atom. The molecule has 0 fully saturated rings. The van der Waals surface area contributed by atoms with Crippen LogP contribution in [0.3, 0.4) is 0 Å². The molecule has 5 aromatic heterocycles. The first-order valence-electron chi connectivity index (χ1n) is 31.9. The van der Waals surface area contributed by atoms with Crippen LogP contribution < -0.4 is 4.90 Å². The van der Waals surface area contributed by atoms with Gasteiger partial charge in [0.15, 0.2) is 0 Å². The van der Waals surface area contributed by atoms with Crippen LogP contribution in [0, 0.1) is 6.57 Å². The molecule has 1 aliphatic heterocycles. The molecule has 438 valence electrons. The third-order valence-electron chi connectivity index (χ3n) is 16.2. The highest BCUT2D eigenvalue weighted by Gasteiger charge is 2.27. The van der Waals surface area contributed by atoms with Crippen LogP contribution in [0.4, 0.5) is 11.4 Å². The molecule has 0 saturated carbocycles. The highest BCUT2D eigenvalue weighted by molar-refractivity contribution is 7.99. The minimum atomic E-state index is -1.15. The molecular weight excluding hydrogens is 1120 g/mol. The van der Waals surface area contributed by atoms with Crippen LogP contribution in [0.1, 0.15) is 228 Å². The van der Waals surface area contributed by atoms with Crippen LogP contribution in [0.15, 0.2) is 88.3 Å². The van der Waals surface area contributed by atoms with Crippen LogP contribution in [-0.2, 0) is 36.9 Å². The maximum absolute atomic E-state index is 12.2. The van der Waals surface area contributed by atoms with E-state index < -0.39 is 5.97 Å². The third kappa shape index (κ3) is 17.0. The Morgan fingerprint density at radius 2 is 0.841 bits per heavy atom. The number of benzene rings is 2. The van der Waals surface area contributed by atoms with E-state index in [0.29, 0.717) is 0 Å². The van der Waals surface area contributed by atoms with Gasteiger partial charge in [0.25, 0.3) is 5.70 Å². The van der Waals surface area contributed by atoms with Crippen molar-refractivity contribution < 1.29 is 9.90 Å². The second-order valence-corrected chi connectivity index (χ2v) is 29.2. The Bertz CT molecular complexity index is 3190. The van der Waals surface area contributed by atoms with Crippen molar-refractivity contribution in [3.8, 4) is 49.5 Å². The number of hydrogen-bond acceptors (Lipinski definition) is 8. The maximum atomic E-state index is 12.2. The summed E-state index contributed by atoms with van der Waals surface area (Å²) in [7, 11) is 0. The number of para-hydroxylation sites is 1. The monoisotopic (exact) mass is 1210 g/mol. The number of hydrogen-bond donors (Lipinski definition) is 1. The van der Waals surface area contributed by atoms with Crippen molar-refractivity contribution >= 4 is 91.9 Å². The van der Waals surface area contributed by atoms with E-state index in [-0.39, 0.29) is 5.70 Å². The molecule has 1 aliphatic rings. The molecule has 0 saturated heterocycles. The van der Waals surface area contributed by atoms with Gasteiger partial charge in [0.2, 0.25) is 0 Å². The van der Waals surface area contributed by atoms with E-state index in [2.05, 4.69) is 135 Å². The summed E-state index contributed by atoms with van der Waals surface area (Å²) in [5.74, 6) is -1.15. The third-order valence-corrected chi connectivity index (χ3v) is 23.9. The predicted octanol–water partition coefficient (Wildman–Crippen LogP) is 25.5. The fraction of sp³-hybridized carbons (Fsp3) is 0.500. The number of anilines is 2. The minimum absolute atomic E-state index is 0.210. The lowest BCUT2D eigenvalue weighted by Gasteiger charge is -2.33. The Balaban J connectivity index is 1.21. The molecule has 0 unspecified atom stereocenters. The number of carbonyl (C=O) groups is 1. The van der Waals surface area contributed by atoms with Gasteiger partial charge in [-0.3, -0.25) is 4.79 Å². The van der Waals surface area contributed by atoms with E-state index in [9.17, 15) is 9.90 Å². The maximum Gasteiger partial charge on any atom is 0.333 e. The molecular formula is C72H92N2O2S6. The SMILES string of the molecule is [C-]#[N+]/C(=C\c1sc(-c2sc(-c3sc(-c4sc(-c5sc(-c6ccc7c(c6)Sc6ccccc6N7CCCCCC)cc5CCCCCC)cc4CCCCCC)cc3CCCCCC)cc2CCCCCC)cc1CCCCCC)C(=O)O. The van der Waals surface area contributed by atoms with E-state index in [1.807, 2.05) is 45.8 Å². The van der Waals surface area contributed by atoms with Gasteiger partial charge in [0.05, 0.1) is 17.9 Å². The molecule has 0 radical (unpaired) electrons. The molecule has 0 bridgehead atoms. The Morgan fingerprint density at radius 3 is 1.29 bits per heavy atom. The molecule has 0 aliphatic carbocycles. The van der Waals surface area contributed by atoms with Gasteiger partial charge >= 0.3 is 5.97 Å². The number of nitrogens with zero attached hydrogens (tertiary/aromatic N) is 2. The lowest BCUT2D eigenvalue weighted by atomic mass is 10.0. The molecule has 0 spiro atoms. The largest absolute Gasteiger partial charge is 0.486 e. The summed E-state index contributed by atoms with van der Waals surface area (Å²) >= 11 is 11.7. The number of thiophene rings is 5. The molecule has 82 heavy (non-hydrogen) atoms. The minimum Gasteiger partial charge on any atom is -0.486 e. The van der Waals surface area contributed by atoms with Crippen molar-refractivity contribution in [3.63, 3.8) is 0 Å². The van der Waals surface area contributed by atoms with E-state index in [1.165, 1.54) is 233 Å². The zero-order chi connectivity index (χ0) is 57.6. The van der Waals surface area contributed by atoms with Gasteiger partial charge in [0.1, 0.15) is 0 Å². The fourth-order valence-electron chi connectivity index (χ4n) is 11.5. The molecule has 8 rings (SSSR count). The highest BCUT2D eigenvalue weighted by Crippen LogP contribution is 2.53. The van der Waals surface area contributed by atoms with Crippen LogP contribution in [0.25, 0.3) is 60.4 Å². The highest BCUT2D eigenvalue weighted by atomic mass is 32.2. The van der Waals surface area contributed by atoms with Crippen molar-refractivity contribution in [2.24, 2.45) is 0 Å². The van der Waals surface area contributed by atoms with Crippen molar-refractivity contribution in [2.75, 3.05) is 11.4 Å². The average Bonchev–Trinajstić information content (AvgIpc) is 4.17. The summed E-state index contributed by atoms with van der Waals surface area (Å²) in [6.45, 7) is 22.6. The zero-order valence-corrected chi connectivity index (χ0v) is 55.3. The van der Waals surface area contributed by atoms with Gasteiger partial charge in [-0.15, -0.1) is 56.7 Å². The van der Waals surface area contributed by atoms with Crippen LogP contribution in [0.2, 0.25) is 0 Å². The Hall–Kier alpha value is -4.21.